The number of rotatable bonds is 10. The molecule has 0 fully saturated rings. The van der Waals surface area contributed by atoms with Gasteiger partial charge in [0.1, 0.15) is 30.8 Å². The number of hydrogen-bond acceptors (Lipinski definition) is 3. The van der Waals surface area contributed by atoms with Crippen LogP contribution in [0.2, 0.25) is 20.1 Å². The van der Waals surface area contributed by atoms with E-state index in [1.54, 1.807) is 55.6 Å². The molecule has 0 saturated heterocycles. The van der Waals surface area contributed by atoms with Gasteiger partial charge in [-0.2, -0.15) is 0 Å². The smallest absolute Gasteiger partial charge is 0.244 e. The van der Waals surface area contributed by atoms with Crippen LogP contribution in [-0.2, 0) is 24.4 Å². The number of methoxy groups -OCH3 is 1. The molecular formula is C27H23Cl4N2O3+. The molecule has 1 aromatic heterocycles. The molecule has 0 radical (unpaired) electrons. The minimum atomic E-state index is -0.406. The Bertz CT molecular complexity index is 1370. The van der Waals surface area contributed by atoms with Gasteiger partial charge in [-0.3, -0.25) is 4.79 Å². The Morgan fingerprint density at radius 3 is 2.44 bits per heavy atom. The summed E-state index contributed by atoms with van der Waals surface area (Å²) < 4.78 is 15.3. The van der Waals surface area contributed by atoms with Crippen molar-refractivity contribution in [3.63, 3.8) is 0 Å². The van der Waals surface area contributed by atoms with Crippen molar-refractivity contribution in [2.24, 2.45) is 0 Å². The maximum atomic E-state index is 12.8. The predicted octanol–water partition coefficient (Wildman–Crippen LogP) is 7.24. The van der Waals surface area contributed by atoms with Crippen molar-refractivity contribution in [2.75, 3.05) is 7.11 Å². The second kappa shape index (κ2) is 12.1. The first-order valence-corrected chi connectivity index (χ1v) is 12.6. The zero-order valence-corrected chi connectivity index (χ0v) is 22.4. The molecule has 5 nitrogen and oxygen atoms in total. The van der Waals surface area contributed by atoms with Crippen LogP contribution >= 0.6 is 46.4 Å². The molecule has 36 heavy (non-hydrogen) atoms. The van der Waals surface area contributed by atoms with Crippen molar-refractivity contribution in [3.8, 4) is 5.75 Å². The Morgan fingerprint density at radius 1 is 0.972 bits per heavy atom. The predicted molar refractivity (Wildman–Crippen MR) is 142 cm³/mol. The van der Waals surface area contributed by atoms with E-state index in [0.717, 1.165) is 11.1 Å². The summed E-state index contributed by atoms with van der Waals surface area (Å²) in [5, 5.41) is 2.13. The molecule has 1 atom stereocenters. The second-order valence-corrected chi connectivity index (χ2v) is 9.83. The van der Waals surface area contributed by atoms with Gasteiger partial charge in [-0.15, -0.1) is 0 Å². The van der Waals surface area contributed by atoms with E-state index in [4.69, 9.17) is 55.9 Å². The maximum absolute atomic E-state index is 12.8. The van der Waals surface area contributed by atoms with Crippen molar-refractivity contribution >= 4 is 52.2 Å². The summed E-state index contributed by atoms with van der Waals surface area (Å²) in [6.07, 6.45) is 5.17. The summed E-state index contributed by atoms with van der Waals surface area (Å²) in [4.78, 5) is 12.8. The van der Waals surface area contributed by atoms with E-state index in [9.17, 15) is 4.79 Å². The van der Waals surface area contributed by atoms with Gasteiger partial charge in [0, 0.05) is 31.2 Å². The summed E-state index contributed by atoms with van der Waals surface area (Å²) in [6.45, 7) is 0.899. The number of ketones is 1. The fourth-order valence-electron chi connectivity index (χ4n) is 3.72. The topological polar surface area (TPSA) is 44.3 Å². The molecular weight excluding hydrogens is 542 g/mol. The molecule has 0 aliphatic carbocycles. The van der Waals surface area contributed by atoms with Crippen LogP contribution < -0.4 is 9.30 Å². The van der Waals surface area contributed by atoms with E-state index < -0.39 is 6.10 Å². The average molecular weight is 565 g/mol. The van der Waals surface area contributed by atoms with Gasteiger partial charge < -0.3 is 9.47 Å². The zero-order chi connectivity index (χ0) is 25.7. The minimum absolute atomic E-state index is 0.0254. The summed E-state index contributed by atoms with van der Waals surface area (Å²) in [7, 11) is 1.57. The number of Topliss-reactive ketones (excluding diaryl/α,β-unsaturated/α-hetero) is 1. The van der Waals surface area contributed by atoms with E-state index in [-0.39, 0.29) is 18.9 Å². The monoisotopic (exact) mass is 563 g/mol. The molecule has 4 rings (SSSR count). The van der Waals surface area contributed by atoms with Crippen LogP contribution in [-0.4, -0.2) is 17.5 Å². The van der Waals surface area contributed by atoms with Gasteiger partial charge in [0.05, 0.1) is 13.7 Å². The molecule has 0 bridgehead atoms. The summed E-state index contributed by atoms with van der Waals surface area (Å²) in [5.41, 5.74) is 2.19. The van der Waals surface area contributed by atoms with Crippen molar-refractivity contribution in [1.29, 1.82) is 0 Å². The van der Waals surface area contributed by atoms with Gasteiger partial charge in [-0.1, -0.05) is 70.7 Å². The molecule has 4 aromatic rings. The number of benzene rings is 3. The molecule has 9 heteroatoms. The van der Waals surface area contributed by atoms with Gasteiger partial charge in [0.25, 0.3) is 0 Å². The molecule has 1 unspecified atom stereocenters. The van der Waals surface area contributed by atoms with Gasteiger partial charge >= 0.3 is 0 Å². The van der Waals surface area contributed by atoms with Crippen LogP contribution in [0.5, 0.6) is 5.75 Å². The third-order valence-electron chi connectivity index (χ3n) is 5.61. The van der Waals surface area contributed by atoms with E-state index >= 15 is 0 Å². The Kier molecular flexibility index (Phi) is 8.94. The number of halogens is 4. The van der Waals surface area contributed by atoms with Gasteiger partial charge in [-0.25, -0.2) is 9.13 Å². The normalized spacial score (nSPS) is 11.9. The van der Waals surface area contributed by atoms with Crippen molar-refractivity contribution in [1.82, 2.24) is 4.57 Å². The lowest BCUT2D eigenvalue weighted by atomic mass is 10.1. The third kappa shape index (κ3) is 6.81. The molecule has 0 aliphatic rings. The molecule has 186 valence electrons. The number of aromatic nitrogens is 2. The highest BCUT2D eigenvalue weighted by atomic mass is 35.5. The summed E-state index contributed by atoms with van der Waals surface area (Å²) in [6, 6.07) is 17.7. The lowest BCUT2D eigenvalue weighted by Gasteiger charge is -2.19. The third-order valence-corrected chi connectivity index (χ3v) is 6.75. The molecule has 0 aliphatic heterocycles. The number of carbonyl (C=O) groups is 1. The fourth-order valence-corrected chi connectivity index (χ4v) is 4.71. The molecule has 0 N–H and O–H groups in total. The van der Waals surface area contributed by atoms with E-state index in [1.165, 1.54) is 0 Å². The number of hydrogen-bond donors (Lipinski definition) is 0. The van der Waals surface area contributed by atoms with Crippen molar-refractivity contribution < 1.29 is 18.8 Å². The van der Waals surface area contributed by atoms with Crippen LogP contribution in [0.1, 0.15) is 27.6 Å². The first-order valence-electron chi connectivity index (χ1n) is 11.0. The standard InChI is InChI=1S/C27H23Cl4N2O3/c1-35-22-4-2-3-18(11-22)26(34)14-32-9-10-33(17-32)15-27(23-8-7-21(29)13-25(23)31)36-16-19-5-6-20(28)12-24(19)30/h2-13,17,27H,14-16H2,1H3/q+1. The Balaban J connectivity index is 1.51. The van der Waals surface area contributed by atoms with Crippen LogP contribution in [0.25, 0.3) is 0 Å². The van der Waals surface area contributed by atoms with E-state index in [2.05, 4.69) is 0 Å². The first-order chi connectivity index (χ1) is 17.3. The molecule has 0 saturated carbocycles. The van der Waals surface area contributed by atoms with Crippen LogP contribution in [0, 0.1) is 0 Å². The van der Waals surface area contributed by atoms with E-state index in [0.29, 0.717) is 37.9 Å². The highest BCUT2D eigenvalue weighted by molar-refractivity contribution is 6.35. The van der Waals surface area contributed by atoms with Crippen molar-refractivity contribution in [3.05, 3.63) is 116 Å². The lowest BCUT2D eigenvalue weighted by molar-refractivity contribution is -0.682. The second-order valence-electron chi connectivity index (χ2n) is 8.14. The van der Waals surface area contributed by atoms with Gasteiger partial charge in [0.2, 0.25) is 12.1 Å². The summed E-state index contributed by atoms with van der Waals surface area (Å²) >= 11 is 25.0. The largest absolute Gasteiger partial charge is 0.497 e. The first kappa shape index (κ1) is 26.5. The maximum Gasteiger partial charge on any atom is 0.244 e. The SMILES string of the molecule is COc1cccc(C(=O)C[n+]2ccn(CC(OCc3ccc(Cl)cc3Cl)c3ccc(Cl)cc3Cl)c2)c1. The number of carbonyl (C=O) groups excluding carboxylic acids is 1. The van der Waals surface area contributed by atoms with Crippen LogP contribution in [0.4, 0.5) is 0 Å². The summed E-state index contributed by atoms with van der Waals surface area (Å²) in [5.74, 6) is 0.617. The Labute approximate surface area is 229 Å². The fraction of sp³-hybridized carbons (Fsp3) is 0.185. The molecule has 0 spiro atoms. The lowest BCUT2D eigenvalue weighted by Crippen LogP contribution is -2.36. The molecule has 1 heterocycles. The number of nitrogens with zero attached hydrogens (tertiary/aromatic N) is 2. The quantitative estimate of drug-likeness (QED) is 0.151. The highest BCUT2D eigenvalue weighted by Crippen LogP contribution is 2.31. The number of ether oxygens (including phenoxy) is 2. The van der Waals surface area contributed by atoms with Crippen LogP contribution in [0.15, 0.2) is 79.4 Å². The average Bonchev–Trinajstić information content (AvgIpc) is 3.29. The van der Waals surface area contributed by atoms with Gasteiger partial charge in [0.15, 0.2) is 6.54 Å². The minimum Gasteiger partial charge on any atom is -0.497 e. The van der Waals surface area contributed by atoms with Gasteiger partial charge in [-0.05, 0) is 42.0 Å². The van der Waals surface area contributed by atoms with Crippen LogP contribution in [0.3, 0.4) is 0 Å². The zero-order valence-electron chi connectivity index (χ0n) is 19.3. The molecule has 3 aromatic carbocycles. The number of imidazole rings is 1. The molecule has 0 amide bonds. The van der Waals surface area contributed by atoms with Crippen molar-refractivity contribution in [2.45, 2.75) is 25.8 Å². The Hall–Kier alpha value is -2.54. The van der Waals surface area contributed by atoms with E-state index in [1.807, 2.05) is 40.0 Å². The highest BCUT2D eigenvalue weighted by Gasteiger charge is 2.21. The Morgan fingerprint density at radius 2 is 1.72 bits per heavy atom.